The Hall–Kier alpha value is -2.68. The summed E-state index contributed by atoms with van der Waals surface area (Å²) in [6.45, 7) is 0. The van der Waals surface area contributed by atoms with Crippen molar-refractivity contribution in [2.24, 2.45) is 0 Å². The van der Waals surface area contributed by atoms with Crippen molar-refractivity contribution in [2.75, 3.05) is 11.1 Å². The van der Waals surface area contributed by atoms with E-state index in [1.165, 1.54) is 24.3 Å². The summed E-state index contributed by atoms with van der Waals surface area (Å²) in [4.78, 5) is 0. The van der Waals surface area contributed by atoms with Crippen LogP contribution in [0.15, 0.2) is 42.5 Å². The van der Waals surface area contributed by atoms with E-state index >= 15 is 0 Å². The first-order valence-electron chi connectivity index (χ1n) is 5.64. The molecule has 0 atom stereocenters. The summed E-state index contributed by atoms with van der Waals surface area (Å²) in [5.74, 6) is 0. The zero-order chi connectivity index (χ0) is 14.8. The Kier molecular flexibility index (Phi) is 3.53. The van der Waals surface area contributed by atoms with E-state index in [2.05, 4.69) is 5.32 Å². The van der Waals surface area contributed by atoms with Crippen molar-refractivity contribution in [1.82, 2.24) is 0 Å². The van der Waals surface area contributed by atoms with Crippen LogP contribution in [0.1, 0.15) is 11.1 Å². The molecule has 0 aliphatic heterocycles. The second-order valence-corrected chi connectivity index (χ2v) is 4.12. The van der Waals surface area contributed by atoms with Crippen molar-refractivity contribution in [1.29, 1.82) is 5.26 Å². The zero-order valence-corrected chi connectivity index (χ0v) is 10.2. The molecule has 0 aromatic heterocycles. The van der Waals surface area contributed by atoms with E-state index < -0.39 is 11.7 Å². The molecule has 0 heterocycles. The molecule has 20 heavy (non-hydrogen) atoms. The average Bonchev–Trinajstić information content (AvgIpc) is 2.40. The van der Waals surface area contributed by atoms with Crippen LogP contribution in [-0.2, 0) is 6.18 Å². The van der Waals surface area contributed by atoms with Gasteiger partial charge in [0.25, 0.3) is 0 Å². The fraction of sp³-hybridized carbons (Fsp3) is 0.0714. The average molecular weight is 277 g/mol. The summed E-state index contributed by atoms with van der Waals surface area (Å²) in [7, 11) is 0. The number of nitrogen functional groups attached to an aromatic ring is 1. The normalized spacial score (nSPS) is 10.9. The minimum atomic E-state index is -4.39. The molecule has 0 unspecified atom stereocenters. The van der Waals surface area contributed by atoms with Crippen molar-refractivity contribution < 1.29 is 13.2 Å². The third kappa shape index (κ3) is 3.01. The minimum Gasteiger partial charge on any atom is -0.397 e. The number of nitrogens with two attached hydrogens (primary N) is 1. The SMILES string of the molecule is N#Cc1ccc(Nc2cccc(C(F)(F)F)c2)c(N)c1. The van der Waals surface area contributed by atoms with Crippen LogP contribution < -0.4 is 11.1 Å². The van der Waals surface area contributed by atoms with Gasteiger partial charge in [-0.15, -0.1) is 0 Å². The molecule has 3 N–H and O–H groups in total. The zero-order valence-electron chi connectivity index (χ0n) is 10.2. The summed E-state index contributed by atoms with van der Waals surface area (Å²) < 4.78 is 37.8. The fourth-order valence-corrected chi connectivity index (χ4v) is 1.67. The smallest absolute Gasteiger partial charge is 0.397 e. The van der Waals surface area contributed by atoms with Crippen LogP contribution in [0.3, 0.4) is 0 Å². The largest absolute Gasteiger partial charge is 0.416 e. The van der Waals surface area contributed by atoms with Gasteiger partial charge in [0, 0.05) is 5.69 Å². The van der Waals surface area contributed by atoms with Crippen LogP contribution in [0.25, 0.3) is 0 Å². The molecule has 0 fully saturated rings. The lowest BCUT2D eigenvalue weighted by atomic mass is 10.1. The van der Waals surface area contributed by atoms with Gasteiger partial charge in [0.2, 0.25) is 0 Å². The molecule has 2 aromatic rings. The number of benzene rings is 2. The highest BCUT2D eigenvalue weighted by atomic mass is 19.4. The number of nitrogens with zero attached hydrogens (tertiary/aromatic N) is 1. The molecule has 0 saturated heterocycles. The molecule has 102 valence electrons. The Bertz CT molecular complexity index is 672. The Morgan fingerprint density at radius 2 is 1.85 bits per heavy atom. The standard InChI is InChI=1S/C14H10F3N3/c15-14(16,17)10-2-1-3-11(7-10)20-13-5-4-9(8-18)6-12(13)19/h1-7,20H,19H2. The van der Waals surface area contributed by atoms with E-state index in [4.69, 9.17) is 11.0 Å². The second kappa shape index (κ2) is 5.13. The van der Waals surface area contributed by atoms with E-state index in [1.807, 2.05) is 6.07 Å². The predicted molar refractivity (Wildman–Crippen MR) is 70.3 cm³/mol. The molecule has 3 nitrogen and oxygen atoms in total. The Balaban J connectivity index is 2.29. The van der Waals surface area contributed by atoms with Crippen LogP contribution >= 0.6 is 0 Å². The number of hydrogen-bond donors (Lipinski definition) is 2. The summed E-state index contributed by atoms with van der Waals surface area (Å²) in [6.07, 6.45) is -4.39. The molecule has 0 aliphatic rings. The number of hydrogen-bond acceptors (Lipinski definition) is 3. The number of nitrogens with one attached hydrogen (secondary N) is 1. The van der Waals surface area contributed by atoms with Gasteiger partial charge in [0.05, 0.1) is 28.6 Å². The highest BCUT2D eigenvalue weighted by molar-refractivity contribution is 5.74. The van der Waals surface area contributed by atoms with Gasteiger partial charge in [-0.3, -0.25) is 0 Å². The van der Waals surface area contributed by atoms with Gasteiger partial charge in [-0.1, -0.05) is 6.07 Å². The molecule has 0 radical (unpaired) electrons. The lowest BCUT2D eigenvalue weighted by molar-refractivity contribution is -0.137. The first-order chi connectivity index (χ1) is 9.40. The lowest BCUT2D eigenvalue weighted by Gasteiger charge is -2.12. The number of alkyl halides is 3. The molecule has 0 aliphatic carbocycles. The van der Waals surface area contributed by atoms with Gasteiger partial charge in [-0.05, 0) is 36.4 Å². The Morgan fingerprint density at radius 1 is 1.10 bits per heavy atom. The fourth-order valence-electron chi connectivity index (χ4n) is 1.67. The van der Waals surface area contributed by atoms with Crippen molar-refractivity contribution in [2.45, 2.75) is 6.18 Å². The minimum absolute atomic E-state index is 0.274. The van der Waals surface area contributed by atoms with Crippen molar-refractivity contribution >= 4 is 17.1 Å². The molecule has 2 aromatic carbocycles. The Morgan fingerprint density at radius 3 is 2.45 bits per heavy atom. The number of halogens is 3. The maximum atomic E-state index is 12.6. The number of anilines is 3. The van der Waals surface area contributed by atoms with Crippen LogP contribution in [0.2, 0.25) is 0 Å². The van der Waals surface area contributed by atoms with Crippen LogP contribution in [0, 0.1) is 11.3 Å². The summed E-state index contributed by atoms with van der Waals surface area (Å²) in [6, 6.07) is 11.3. The molecule has 0 amide bonds. The monoisotopic (exact) mass is 277 g/mol. The van der Waals surface area contributed by atoms with Gasteiger partial charge in [-0.25, -0.2) is 0 Å². The van der Waals surface area contributed by atoms with Crippen LogP contribution in [-0.4, -0.2) is 0 Å². The van der Waals surface area contributed by atoms with Crippen molar-refractivity contribution in [3.63, 3.8) is 0 Å². The second-order valence-electron chi connectivity index (χ2n) is 4.12. The maximum Gasteiger partial charge on any atom is 0.416 e. The van der Waals surface area contributed by atoms with E-state index in [-0.39, 0.29) is 5.69 Å². The van der Waals surface area contributed by atoms with E-state index in [0.717, 1.165) is 12.1 Å². The maximum absolute atomic E-state index is 12.6. The first kappa shape index (κ1) is 13.7. The number of nitriles is 1. The molecule has 6 heteroatoms. The van der Waals surface area contributed by atoms with E-state index in [1.54, 1.807) is 6.07 Å². The number of rotatable bonds is 2. The van der Waals surface area contributed by atoms with Gasteiger partial charge in [0.15, 0.2) is 0 Å². The summed E-state index contributed by atoms with van der Waals surface area (Å²) in [5, 5.41) is 11.5. The highest BCUT2D eigenvalue weighted by Crippen LogP contribution is 2.32. The van der Waals surface area contributed by atoms with Crippen molar-refractivity contribution in [3.8, 4) is 6.07 Å². The first-order valence-corrected chi connectivity index (χ1v) is 5.64. The topological polar surface area (TPSA) is 61.8 Å². The third-order valence-electron chi connectivity index (χ3n) is 2.65. The van der Waals surface area contributed by atoms with Crippen LogP contribution in [0.4, 0.5) is 30.2 Å². The Labute approximate surface area is 113 Å². The van der Waals surface area contributed by atoms with E-state index in [0.29, 0.717) is 16.9 Å². The third-order valence-corrected chi connectivity index (χ3v) is 2.65. The quantitative estimate of drug-likeness (QED) is 0.818. The summed E-state index contributed by atoms with van der Waals surface area (Å²) >= 11 is 0. The van der Waals surface area contributed by atoms with Gasteiger partial charge < -0.3 is 11.1 Å². The van der Waals surface area contributed by atoms with Gasteiger partial charge in [0.1, 0.15) is 0 Å². The van der Waals surface area contributed by atoms with Crippen molar-refractivity contribution in [3.05, 3.63) is 53.6 Å². The van der Waals surface area contributed by atoms with E-state index in [9.17, 15) is 13.2 Å². The lowest BCUT2D eigenvalue weighted by Crippen LogP contribution is -2.05. The van der Waals surface area contributed by atoms with Crippen LogP contribution in [0.5, 0.6) is 0 Å². The van der Waals surface area contributed by atoms with Gasteiger partial charge >= 0.3 is 6.18 Å². The molecule has 2 rings (SSSR count). The highest BCUT2D eigenvalue weighted by Gasteiger charge is 2.30. The molecule has 0 bridgehead atoms. The predicted octanol–water partition coefficient (Wildman–Crippen LogP) is 3.90. The molecular formula is C14H10F3N3. The molecule has 0 spiro atoms. The van der Waals surface area contributed by atoms with Gasteiger partial charge in [-0.2, -0.15) is 18.4 Å². The molecular weight excluding hydrogens is 267 g/mol. The summed E-state index contributed by atoms with van der Waals surface area (Å²) in [5.41, 5.74) is 6.39. The molecule has 0 saturated carbocycles.